The Morgan fingerprint density at radius 1 is 1.33 bits per heavy atom. The molecule has 4 nitrogen and oxygen atoms in total. The topological polar surface area (TPSA) is 62.4 Å². The van der Waals surface area contributed by atoms with Gasteiger partial charge in [0.2, 0.25) is 5.96 Å². The number of hydrogen-bond donors (Lipinski definition) is 3. The number of nitrogens with two attached hydrogens (primary N) is 1. The Bertz CT molecular complexity index is 406. The zero-order valence-corrected chi connectivity index (χ0v) is 12.8. The molecule has 18 heavy (non-hydrogen) atoms. The lowest BCUT2D eigenvalue weighted by molar-refractivity contribution is 0.801. The Labute approximate surface area is 117 Å². The largest absolute Gasteiger partial charge is 0.325 e. The number of aryl methyl sites for hydroxylation is 2. The van der Waals surface area contributed by atoms with Crippen LogP contribution in [-0.2, 0) is 0 Å². The average molecular weight is 313 g/mol. The minimum Gasteiger partial charge on any atom is -0.325 e. The van der Waals surface area contributed by atoms with E-state index in [0.717, 1.165) is 29.5 Å². The number of benzene rings is 1. The Morgan fingerprint density at radius 3 is 2.44 bits per heavy atom. The van der Waals surface area contributed by atoms with Gasteiger partial charge in [0.1, 0.15) is 0 Å². The predicted octanol–water partition coefficient (Wildman–Crippen LogP) is 3.10. The van der Waals surface area contributed by atoms with Crippen molar-refractivity contribution >= 4 is 27.6 Å². The molecule has 0 saturated carbocycles. The number of hydrazine groups is 1. The van der Waals surface area contributed by atoms with Gasteiger partial charge in [-0.3, -0.25) is 10.4 Å². The summed E-state index contributed by atoms with van der Waals surface area (Å²) in [6.45, 7) is 7.04. The smallest absolute Gasteiger partial charge is 0.210 e. The summed E-state index contributed by atoms with van der Waals surface area (Å²) >= 11 is 3.55. The van der Waals surface area contributed by atoms with Gasteiger partial charge in [0.25, 0.3) is 0 Å². The van der Waals surface area contributed by atoms with Crippen LogP contribution < -0.4 is 16.6 Å². The van der Waals surface area contributed by atoms with Gasteiger partial charge < -0.3 is 5.32 Å². The molecule has 1 aromatic rings. The van der Waals surface area contributed by atoms with Crippen LogP contribution in [0.15, 0.2) is 21.6 Å². The first-order valence-electron chi connectivity index (χ1n) is 6.13. The Kier molecular flexibility index (Phi) is 6.15. The second-order valence-corrected chi connectivity index (χ2v) is 5.07. The number of nitrogens with zero attached hydrogens (tertiary/aromatic N) is 1. The lowest BCUT2D eigenvalue weighted by atomic mass is 10.1. The van der Waals surface area contributed by atoms with E-state index in [1.165, 1.54) is 11.1 Å². The zero-order chi connectivity index (χ0) is 13.5. The van der Waals surface area contributed by atoms with Crippen LogP contribution in [0.1, 0.15) is 30.9 Å². The van der Waals surface area contributed by atoms with Crippen LogP contribution in [-0.4, -0.2) is 12.5 Å². The first-order valence-corrected chi connectivity index (χ1v) is 6.92. The predicted molar refractivity (Wildman–Crippen MR) is 81.8 cm³/mol. The van der Waals surface area contributed by atoms with Gasteiger partial charge >= 0.3 is 0 Å². The quantitative estimate of drug-likeness (QED) is 0.263. The molecule has 0 radical (unpaired) electrons. The van der Waals surface area contributed by atoms with Crippen LogP contribution in [0.3, 0.4) is 0 Å². The molecule has 0 aliphatic carbocycles. The van der Waals surface area contributed by atoms with Gasteiger partial charge in [0, 0.05) is 16.7 Å². The van der Waals surface area contributed by atoms with E-state index in [1.54, 1.807) is 0 Å². The fourth-order valence-electron chi connectivity index (χ4n) is 1.63. The summed E-state index contributed by atoms with van der Waals surface area (Å²) in [5, 5.41) is 3.19. The molecule has 0 unspecified atom stereocenters. The molecule has 0 spiro atoms. The summed E-state index contributed by atoms with van der Waals surface area (Å²) in [5.74, 6) is 6.06. The van der Waals surface area contributed by atoms with Crippen molar-refractivity contribution in [2.75, 3.05) is 11.9 Å². The van der Waals surface area contributed by atoms with E-state index in [4.69, 9.17) is 5.84 Å². The van der Waals surface area contributed by atoms with Crippen molar-refractivity contribution in [3.05, 3.63) is 27.7 Å². The van der Waals surface area contributed by atoms with Gasteiger partial charge in [0.05, 0.1) is 0 Å². The maximum absolute atomic E-state index is 5.46. The van der Waals surface area contributed by atoms with E-state index in [1.807, 2.05) is 0 Å². The van der Waals surface area contributed by atoms with E-state index in [2.05, 4.69) is 64.6 Å². The molecule has 1 aromatic carbocycles. The minimum absolute atomic E-state index is 0.601. The third-order valence-electron chi connectivity index (χ3n) is 2.62. The van der Waals surface area contributed by atoms with Crippen molar-refractivity contribution in [3.8, 4) is 0 Å². The number of anilines is 1. The number of hydrogen-bond acceptors (Lipinski definition) is 2. The Morgan fingerprint density at radius 2 is 1.94 bits per heavy atom. The first kappa shape index (κ1) is 15.0. The molecule has 0 aromatic heterocycles. The SMILES string of the molecule is CCCCN=C(NN)Nc1cc(C)c(Br)c(C)c1. The van der Waals surface area contributed by atoms with E-state index in [-0.39, 0.29) is 0 Å². The van der Waals surface area contributed by atoms with E-state index >= 15 is 0 Å². The van der Waals surface area contributed by atoms with Gasteiger partial charge in [-0.05, 0) is 43.5 Å². The molecule has 100 valence electrons. The molecule has 0 saturated heterocycles. The van der Waals surface area contributed by atoms with Crippen molar-refractivity contribution in [1.82, 2.24) is 5.43 Å². The van der Waals surface area contributed by atoms with Gasteiger partial charge in [-0.2, -0.15) is 0 Å². The molecule has 0 heterocycles. The molecule has 4 N–H and O–H groups in total. The summed E-state index contributed by atoms with van der Waals surface area (Å²) in [6.07, 6.45) is 2.18. The van der Waals surface area contributed by atoms with Gasteiger partial charge in [0.15, 0.2) is 0 Å². The van der Waals surface area contributed by atoms with Crippen molar-refractivity contribution < 1.29 is 0 Å². The molecular weight excluding hydrogens is 292 g/mol. The molecule has 0 amide bonds. The normalized spacial score (nSPS) is 11.5. The summed E-state index contributed by atoms with van der Waals surface area (Å²) < 4.78 is 1.14. The lowest BCUT2D eigenvalue weighted by Crippen LogP contribution is -2.36. The summed E-state index contributed by atoms with van der Waals surface area (Å²) in [6, 6.07) is 4.12. The second-order valence-electron chi connectivity index (χ2n) is 4.28. The highest BCUT2D eigenvalue weighted by Gasteiger charge is 2.04. The molecule has 0 aliphatic rings. The monoisotopic (exact) mass is 312 g/mol. The highest BCUT2D eigenvalue weighted by Crippen LogP contribution is 2.24. The first-order chi connectivity index (χ1) is 8.58. The van der Waals surface area contributed by atoms with E-state index in [0.29, 0.717) is 5.96 Å². The number of aliphatic imine (C=N–C) groups is 1. The highest BCUT2D eigenvalue weighted by molar-refractivity contribution is 9.10. The highest BCUT2D eigenvalue weighted by atomic mass is 79.9. The fraction of sp³-hybridized carbons (Fsp3) is 0.462. The van der Waals surface area contributed by atoms with E-state index < -0.39 is 0 Å². The summed E-state index contributed by atoms with van der Waals surface area (Å²) in [5.41, 5.74) is 5.94. The maximum atomic E-state index is 5.46. The molecule has 0 atom stereocenters. The van der Waals surface area contributed by atoms with Gasteiger partial charge in [-0.15, -0.1) is 0 Å². The fourth-order valence-corrected chi connectivity index (χ4v) is 1.85. The molecule has 0 bridgehead atoms. The second kappa shape index (κ2) is 7.38. The van der Waals surface area contributed by atoms with Gasteiger partial charge in [-0.1, -0.05) is 29.3 Å². The van der Waals surface area contributed by atoms with Crippen molar-refractivity contribution in [2.45, 2.75) is 33.6 Å². The van der Waals surface area contributed by atoms with Crippen molar-refractivity contribution in [3.63, 3.8) is 0 Å². The number of nitrogens with one attached hydrogen (secondary N) is 2. The number of guanidine groups is 1. The van der Waals surface area contributed by atoms with Crippen LogP contribution in [0.5, 0.6) is 0 Å². The van der Waals surface area contributed by atoms with Crippen LogP contribution in [0, 0.1) is 13.8 Å². The average Bonchev–Trinajstić information content (AvgIpc) is 2.34. The van der Waals surface area contributed by atoms with E-state index in [9.17, 15) is 0 Å². The van der Waals surface area contributed by atoms with Crippen LogP contribution in [0.4, 0.5) is 5.69 Å². The Hall–Kier alpha value is -1.07. The van der Waals surface area contributed by atoms with Crippen LogP contribution in [0.25, 0.3) is 0 Å². The number of halogens is 1. The van der Waals surface area contributed by atoms with Crippen molar-refractivity contribution in [2.24, 2.45) is 10.8 Å². The molecule has 0 fully saturated rings. The minimum atomic E-state index is 0.601. The molecular formula is C13H21BrN4. The summed E-state index contributed by atoms with van der Waals surface area (Å²) in [7, 11) is 0. The standard InChI is InChI=1S/C13H21BrN4/c1-4-5-6-16-13(18-15)17-11-7-9(2)12(14)10(3)8-11/h7-8H,4-6,15H2,1-3H3,(H2,16,17,18). The molecule has 0 aliphatic heterocycles. The third-order valence-corrected chi connectivity index (χ3v) is 3.87. The van der Waals surface area contributed by atoms with Crippen LogP contribution >= 0.6 is 15.9 Å². The molecule has 1 rings (SSSR count). The number of rotatable bonds is 4. The lowest BCUT2D eigenvalue weighted by Gasteiger charge is -2.12. The summed E-state index contributed by atoms with van der Waals surface area (Å²) in [4.78, 5) is 4.37. The number of unbranched alkanes of at least 4 members (excludes halogenated alkanes) is 1. The van der Waals surface area contributed by atoms with Crippen molar-refractivity contribution in [1.29, 1.82) is 0 Å². The molecule has 5 heteroatoms. The van der Waals surface area contributed by atoms with Gasteiger partial charge in [-0.25, -0.2) is 5.84 Å². The third kappa shape index (κ3) is 4.31. The maximum Gasteiger partial charge on any atom is 0.210 e. The Balaban J connectivity index is 2.79. The van der Waals surface area contributed by atoms with Crippen LogP contribution in [0.2, 0.25) is 0 Å². The zero-order valence-electron chi connectivity index (χ0n) is 11.2.